The molecule has 0 aromatic carbocycles. The van der Waals surface area contributed by atoms with Gasteiger partial charge in [-0.25, -0.2) is 4.68 Å². The van der Waals surface area contributed by atoms with Gasteiger partial charge in [0.25, 0.3) is 0 Å². The fourth-order valence-electron chi connectivity index (χ4n) is 1.22. The molecule has 1 heterocycles. The number of anilines is 1. The van der Waals surface area contributed by atoms with Crippen LogP contribution in [-0.2, 0) is 6.54 Å². The third-order valence-corrected chi connectivity index (χ3v) is 2.14. The van der Waals surface area contributed by atoms with Crippen molar-refractivity contribution in [2.75, 3.05) is 5.73 Å². The molecule has 3 nitrogen and oxygen atoms in total. The zero-order valence-corrected chi connectivity index (χ0v) is 8.75. The number of aryl methyl sites for hydroxylation is 1. The van der Waals surface area contributed by atoms with Crippen LogP contribution in [0.5, 0.6) is 0 Å². The first-order valence-corrected chi connectivity index (χ1v) is 4.98. The van der Waals surface area contributed by atoms with Crippen molar-refractivity contribution in [3.63, 3.8) is 0 Å². The number of hydrogen-bond acceptors (Lipinski definition) is 2. The lowest BCUT2D eigenvalue weighted by atomic mass is 10.1. The molecule has 0 saturated heterocycles. The SMILES string of the molecule is CCCCn1nc(C(C)C)cc1N. The molecule has 0 aliphatic rings. The van der Waals surface area contributed by atoms with E-state index in [-0.39, 0.29) is 0 Å². The van der Waals surface area contributed by atoms with Gasteiger partial charge in [0.2, 0.25) is 0 Å². The molecule has 0 amide bonds. The van der Waals surface area contributed by atoms with Crippen LogP contribution in [0.1, 0.15) is 45.2 Å². The molecular weight excluding hydrogens is 162 g/mol. The molecule has 3 heteroatoms. The van der Waals surface area contributed by atoms with Gasteiger partial charge in [0, 0.05) is 12.6 Å². The predicted octanol–water partition coefficient (Wildman–Crippen LogP) is 2.39. The number of hydrogen-bond donors (Lipinski definition) is 1. The van der Waals surface area contributed by atoms with E-state index < -0.39 is 0 Å². The number of rotatable bonds is 4. The summed E-state index contributed by atoms with van der Waals surface area (Å²) in [6.07, 6.45) is 2.32. The quantitative estimate of drug-likeness (QED) is 0.775. The highest BCUT2D eigenvalue weighted by Gasteiger charge is 2.06. The maximum absolute atomic E-state index is 5.82. The molecule has 0 spiro atoms. The lowest BCUT2D eigenvalue weighted by molar-refractivity contribution is 0.567. The van der Waals surface area contributed by atoms with Gasteiger partial charge in [-0.3, -0.25) is 0 Å². The minimum absolute atomic E-state index is 0.463. The topological polar surface area (TPSA) is 43.8 Å². The van der Waals surface area contributed by atoms with Gasteiger partial charge in [-0.2, -0.15) is 5.10 Å². The van der Waals surface area contributed by atoms with Gasteiger partial charge >= 0.3 is 0 Å². The summed E-state index contributed by atoms with van der Waals surface area (Å²) >= 11 is 0. The largest absolute Gasteiger partial charge is 0.384 e. The van der Waals surface area contributed by atoms with Crippen molar-refractivity contribution in [2.45, 2.75) is 46.1 Å². The molecule has 0 atom stereocenters. The van der Waals surface area contributed by atoms with E-state index in [4.69, 9.17) is 5.73 Å². The van der Waals surface area contributed by atoms with Crippen molar-refractivity contribution < 1.29 is 0 Å². The van der Waals surface area contributed by atoms with E-state index in [1.54, 1.807) is 0 Å². The van der Waals surface area contributed by atoms with Crippen LogP contribution in [-0.4, -0.2) is 9.78 Å². The van der Waals surface area contributed by atoms with E-state index in [9.17, 15) is 0 Å². The molecule has 1 aromatic rings. The Kier molecular flexibility index (Phi) is 3.34. The Morgan fingerprint density at radius 3 is 2.69 bits per heavy atom. The molecule has 1 rings (SSSR count). The zero-order chi connectivity index (χ0) is 9.84. The van der Waals surface area contributed by atoms with Crippen LogP contribution in [0.3, 0.4) is 0 Å². The van der Waals surface area contributed by atoms with E-state index in [1.165, 1.54) is 6.42 Å². The van der Waals surface area contributed by atoms with Crippen LogP contribution < -0.4 is 5.73 Å². The fourth-order valence-corrected chi connectivity index (χ4v) is 1.22. The maximum atomic E-state index is 5.82. The average Bonchev–Trinajstić information content (AvgIpc) is 2.44. The van der Waals surface area contributed by atoms with Gasteiger partial charge in [0.1, 0.15) is 5.82 Å². The van der Waals surface area contributed by atoms with Crippen molar-refractivity contribution in [2.24, 2.45) is 0 Å². The van der Waals surface area contributed by atoms with Crippen molar-refractivity contribution >= 4 is 5.82 Å². The molecule has 0 bridgehead atoms. The Labute approximate surface area is 79.9 Å². The van der Waals surface area contributed by atoms with Crippen LogP contribution in [0.15, 0.2) is 6.07 Å². The summed E-state index contributed by atoms with van der Waals surface area (Å²) in [5.41, 5.74) is 6.91. The highest BCUT2D eigenvalue weighted by Crippen LogP contribution is 2.15. The minimum Gasteiger partial charge on any atom is -0.384 e. The van der Waals surface area contributed by atoms with Crippen molar-refractivity contribution in [3.05, 3.63) is 11.8 Å². The standard InChI is InChI=1S/C10H19N3/c1-4-5-6-13-10(11)7-9(12-13)8(2)3/h7-8H,4-6,11H2,1-3H3. The Bertz CT molecular complexity index is 263. The number of nitrogens with zero attached hydrogens (tertiary/aromatic N) is 2. The van der Waals surface area contributed by atoms with E-state index in [2.05, 4.69) is 25.9 Å². The molecule has 1 aromatic heterocycles. The van der Waals surface area contributed by atoms with Gasteiger partial charge in [-0.1, -0.05) is 27.2 Å². The molecule has 74 valence electrons. The Hall–Kier alpha value is -0.990. The lowest BCUT2D eigenvalue weighted by Gasteiger charge is -2.01. The van der Waals surface area contributed by atoms with Crippen LogP contribution in [0.4, 0.5) is 5.82 Å². The van der Waals surface area contributed by atoms with E-state index in [1.807, 2.05) is 10.7 Å². The highest BCUT2D eigenvalue weighted by atomic mass is 15.3. The number of unbranched alkanes of at least 4 members (excludes halogenated alkanes) is 1. The fraction of sp³-hybridized carbons (Fsp3) is 0.700. The summed E-state index contributed by atoms with van der Waals surface area (Å²) in [6.45, 7) is 7.37. The number of aromatic nitrogens is 2. The van der Waals surface area contributed by atoms with Crippen LogP contribution in [0.25, 0.3) is 0 Å². The second-order valence-corrected chi connectivity index (χ2v) is 3.73. The van der Waals surface area contributed by atoms with Gasteiger partial charge in [0.15, 0.2) is 0 Å². The maximum Gasteiger partial charge on any atom is 0.121 e. The molecule has 13 heavy (non-hydrogen) atoms. The normalized spacial score (nSPS) is 11.1. The van der Waals surface area contributed by atoms with Gasteiger partial charge < -0.3 is 5.73 Å². The molecule has 0 aliphatic heterocycles. The third kappa shape index (κ3) is 2.47. The van der Waals surface area contributed by atoms with Crippen molar-refractivity contribution in [3.8, 4) is 0 Å². The van der Waals surface area contributed by atoms with Crippen molar-refractivity contribution in [1.82, 2.24) is 9.78 Å². The summed E-state index contributed by atoms with van der Waals surface area (Å²) in [6, 6.07) is 1.97. The predicted molar refractivity (Wildman–Crippen MR) is 55.6 cm³/mol. The molecule has 0 unspecified atom stereocenters. The van der Waals surface area contributed by atoms with E-state index in [0.717, 1.165) is 24.5 Å². The second-order valence-electron chi connectivity index (χ2n) is 3.73. The summed E-state index contributed by atoms with van der Waals surface area (Å²) in [5, 5.41) is 4.44. The lowest BCUT2D eigenvalue weighted by Crippen LogP contribution is -2.04. The molecule has 0 radical (unpaired) electrons. The Morgan fingerprint density at radius 1 is 1.54 bits per heavy atom. The molecule has 0 aliphatic carbocycles. The zero-order valence-electron chi connectivity index (χ0n) is 8.75. The highest BCUT2D eigenvalue weighted by molar-refractivity contribution is 5.31. The van der Waals surface area contributed by atoms with Crippen LogP contribution in [0.2, 0.25) is 0 Å². The number of nitrogen functional groups attached to an aromatic ring is 1. The van der Waals surface area contributed by atoms with Gasteiger partial charge in [-0.05, 0) is 12.3 Å². The van der Waals surface area contributed by atoms with Gasteiger partial charge in [0.05, 0.1) is 5.69 Å². The van der Waals surface area contributed by atoms with Crippen molar-refractivity contribution in [1.29, 1.82) is 0 Å². The first-order chi connectivity index (χ1) is 6.15. The minimum atomic E-state index is 0.463. The summed E-state index contributed by atoms with van der Waals surface area (Å²) in [7, 11) is 0. The smallest absolute Gasteiger partial charge is 0.121 e. The third-order valence-electron chi connectivity index (χ3n) is 2.14. The first-order valence-electron chi connectivity index (χ1n) is 4.98. The monoisotopic (exact) mass is 181 g/mol. The van der Waals surface area contributed by atoms with E-state index >= 15 is 0 Å². The Balaban J connectivity index is 2.71. The Morgan fingerprint density at radius 2 is 2.23 bits per heavy atom. The van der Waals surface area contributed by atoms with Crippen LogP contribution >= 0.6 is 0 Å². The number of nitrogens with two attached hydrogens (primary N) is 1. The van der Waals surface area contributed by atoms with Gasteiger partial charge in [-0.15, -0.1) is 0 Å². The summed E-state index contributed by atoms with van der Waals surface area (Å²) < 4.78 is 1.90. The van der Waals surface area contributed by atoms with Crippen LogP contribution in [0, 0.1) is 0 Å². The van der Waals surface area contributed by atoms with E-state index in [0.29, 0.717) is 5.92 Å². The molecule has 2 N–H and O–H groups in total. The first kappa shape index (κ1) is 10.1. The average molecular weight is 181 g/mol. The molecule has 0 fully saturated rings. The molecule has 0 saturated carbocycles. The summed E-state index contributed by atoms with van der Waals surface area (Å²) in [4.78, 5) is 0. The molecular formula is C10H19N3. The summed E-state index contributed by atoms with van der Waals surface area (Å²) in [5.74, 6) is 1.25. The second kappa shape index (κ2) is 4.30.